The fourth-order valence-corrected chi connectivity index (χ4v) is 2.68. The molecule has 2 aromatic carbocycles. The average molecular weight is 342 g/mol. The van der Waals surface area contributed by atoms with Gasteiger partial charge in [-0.3, -0.25) is 10.2 Å². The number of hydrogen-bond acceptors (Lipinski definition) is 4. The largest absolute Gasteiger partial charge is 0.489 e. The van der Waals surface area contributed by atoms with Crippen molar-refractivity contribution >= 4 is 17.4 Å². The Morgan fingerprint density at radius 3 is 2.76 bits per heavy atom. The predicted octanol–water partition coefficient (Wildman–Crippen LogP) is 1.86. The van der Waals surface area contributed by atoms with Crippen molar-refractivity contribution in [2.45, 2.75) is 18.6 Å². The number of hydrogen-bond donors (Lipinski definition) is 4. The van der Waals surface area contributed by atoms with E-state index in [4.69, 9.17) is 15.9 Å². The standard InChI is InChI=1S/C18H19FN4O2/c19-12-4-6-13(7-5-12)23-18(24)16-9-15(10-22-16)25-14-3-1-2-11(8-14)17(20)21/h1-8,15-16,22H,9-10H2,(H3,20,21)(H,23,24). The first-order valence-electron chi connectivity index (χ1n) is 7.92. The number of nitrogens with one attached hydrogen (secondary N) is 3. The number of anilines is 1. The SMILES string of the molecule is N=C(N)c1cccc(OC2CNC(C(=O)Nc3ccc(F)cc3)C2)c1. The van der Waals surface area contributed by atoms with Gasteiger partial charge in [-0.1, -0.05) is 12.1 Å². The molecule has 0 spiro atoms. The Morgan fingerprint density at radius 2 is 2.04 bits per heavy atom. The van der Waals surface area contributed by atoms with Crippen LogP contribution >= 0.6 is 0 Å². The van der Waals surface area contributed by atoms with Crippen molar-refractivity contribution in [3.05, 3.63) is 59.9 Å². The van der Waals surface area contributed by atoms with Crippen LogP contribution in [0.5, 0.6) is 5.75 Å². The van der Waals surface area contributed by atoms with Crippen LogP contribution in [0.3, 0.4) is 0 Å². The molecule has 5 N–H and O–H groups in total. The highest BCUT2D eigenvalue weighted by molar-refractivity contribution is 5.95. The highest BCUT2D eigenvalue weighted by Crippen LogP contribution is 2.19. The number of amidine groups is 1. The van der Waals surface area contributed by atoms with Gasteiger partial charge in [0.25, 0.3) is 0 Å². The van der Waals surface area contributed by atoms with E-state index in [1.54, 1.807) is 24.3 Å². The van der Waals surface area contributed by atoms with Crippen LogP contribution in [0, 0.1) is 11.2 Å². The number of amides is 1. The van der Waals surface area contributed by atoms with Crippen LogP contribution in [0.2, 0.25) is 0 Å². The number of carbonyl (C=O) groups is 1. The summed E-state index contributed by atoms with van der Waals surface area (Å²) in [7, 11) is 0. The van der Waals surface area contributed by atoms with E-state index in [1.165, 1.54) is 24.3 Å². The molecule has 3 rings (SSSR count). The zero-order valence-corrected chi connectivity index (χ0v) is 13.5. The smallest absolute Gasteiger partial charge is 0.241 e. The van der Waals surface area contributed by atoms with Gasteiger partial charge in [-0.15, -0.1) is 0 Å². The molecule has 1 aliphatic rings. The Morgan fingerprint density at radius 1 is 1.28 bits per heavy atom. The molecule has 1 amide bonds. The predicted molar refractivity (Wildman–Crippen MR) is 93.3 cm³/mol. The normalized spacial score (nSPS) is 19.4. The fourth-order valence-electron chi connectivity index (χ4n) is 2.68. The molecule has 25 heavy (non-hydrogen) atoms. The second-order valence-electron chi connectivity index (χ2n) is 5.87. The van der Waals surface area contributed by atoms with E-state index >= 15 is 0 Å². The van der Waals surface area contributed by atoms with E-state index in [0.29, 0.717) is 30.0 Å². The minimum absolute atomic E-state index is 0.0217. The van der Waals surface area contributed by atoms with E-state index in [1.807, 2.05) is 0 Å². The highest BCUT2D eigenvalue weighted by Gasteiger charge is 2.30. The van der Waals surface area contributed by atoms with Crippen molar-refractivity contribution < 1.29 is 13.9 Å². The third-order valence-corrected chi connectivity index (χ3v) is 3.97. The lowest BCUT2D eigenvalue weighted by atomic mass is 10.1. The van der Waals surface area contributed by atoms with Crippen molar-refractivity contribution in [2.75, 3.05) is 11.9 Å². The lowest BCUT2D eigenvalue weighted by Crippen LogP contribution is -2.35. The monoisotopic (exact) mass is 342 g/mol. The third kappa shape index (κ3) is 4.33. The number of nitrogen functional groups attached to an aromatic ring is 1. The minimum atomic E-state index is -0.383. The summed E-state index contributed by atoms with van der Waals surface area (Å²) >= 11 is 0. The second kappa shape index (κ2) is 7.31. The van der Waals surface area contributed by atoms with Crippen LogP contribution in [0.15, 0.2) is 48.5 Å². The zero-order valence-electron chi connectivity index (χ0n) is 13.5. The van der Waals surface area contributed by atoms with Gasteiger partial charge in [-0.2, -0.15) is 0 Å². The summed E-state index contributed by atoms with van der Waals surface area (Å²) in [6.07, 6.45) is 0.350. The van der Waals surface area contributed by atoms with Crippen molar-refractivity contribution in [3.63, 3.8) is 0 Å². The van der Waals surface area contributed by atoms with Gasteiger partial charge in [0.1, 0.15) is 23.5 Å². The molecule has 2 atom stereocenters. The van der Waals surface area contributed by atoms with Gasteiger partial charge in [-0.05, 0) is 36.4 Å². The Kier molecular flexibility index (Phi) is 4.95. The van der Waals surface area contributed by atoms with Crippen molar-refractivity contribution in [1.82, 2.24) is 5.32 Å². The van der Waals surface area contributed by atoms with Gasteiger partial charge >= 0.3 is 0 Å². The van der Waals surface area contributed by atoms with E-state index < -0.39 is 0 Å². The summed E-state index contributed by atoms with van der Waals surface area (Å²) in [5.74, 6) is 0.0547. The van der Waals surface area contributed by atoms with Crippen molar-refractivity contribution in [2.24, 2.45) is 5.73 Å². The molecule has 7 heteroatoms. The molecule has 130 valence electrons. The number of carbonyl (C=O) groups excluding carboxylic acids is 1. The molecule has 0 bridgehead atoms. The number of nitrogens with two attached hydrogens (primary N) is 1. The van der Waals surface area contributed by atoms with Gasteiger partial charge in [0.2, 0.25) is 5.91 Å². The molecule has 1 heterocycles. The van der Waals surface area contributed by atoms with Crippen LogP contribution in [0.1, 0.15) is 12.0 Å². The minimum Gasteiger partial charge on any atom is -0.489 e. The molecule has 6 nitrogen and oxygen atoms in total. The number of benzene rings is 2. The summed E-state index contributed by atoms with van der Waals surface area (Å²) in [4.78, 5) is 12.3. The molecule has 0 radical (unpaired) electrons. The Hall–Kier alpha value is -2.93. The molecule has 0 aliphatic carbocycles. The Labute approximate surface area is 144 Å². The first-order valence-corrected chi connectivity index (χ1v) is 7.92. The molecule has 0 saturated carbocycles. The number of halogens is 1. The summed E-state index contributed by atoms with van der Waals surface area (Å²) in [5, 5.41) is 13.3. The molecule has 0 aromatic heterocycles. The molecule has 1 fully saturated rings. The maximum atomic E-state index is 12.9. The van der Waals surface area contributed by atoms with Crippen LogP contribution < -0.4 is 21.1 Å². The topological polar surface area (TPSA) is 100 Å². The van der Waals surface area contributed by atoms with Gasteiger partial charge in [0.15, 0.2) is 0 Å². The Bertz CT molecular complexity index is 779. The van der Waals surface area contributed by atoms with E-state index in [9.17, 15) is 9.18 Å². The lowest BCUT2D eigenvalue weighted by Gasteiger charge is -2.14. The summed E-state index contributed by atoms with van der Waals surface area (Å²) in [6.45, 7) is 0.534. The molecule has 1 aliphatic heterocycles. The van der Waals surface area contributed by atoms with Gasteiger partial charge in [0.05, 0.1) is 6.04 Å². The fraction of sp³-hybridized carbons (Fsp3) is 0.222. The quantitative estimate of drug-likeness (QED) is 0.492. The van der Waals surface area contributed by atoms with E-state index in [2.05, 4.69) is 10.6 Å². The lowest BCUT2D eigenvalue weighted by molar-refractivity contribution is -0.117. The highest BCUT2D eigenvalue weighted by atomic mass is 19.1. The van der Waals surface area contributed by atoms with Crippen molar-refractivity contribution in [1.29, 1.82) is 5.41 Å². The van der Waals surface area contributed by atoms with Crippen LogP contribution in [0.4, 0.5) is 10.1 Å². The Balaban J connectivity index is 1.56. The first kappa shape index (κ1) is 16.9. The molecular weight excluding hydrogens is 323 g/mol. The molecular formula is C18H19FN4O2. The molecule has 2 unspecified atom stereocenters. The van der Waals surface area contributed by atoms with E-state index in [-0.39, 0.29) is 29.7 Å². The number of ether oxygens (including phenoxy) is 1. The van der Waals surface area contributed by atoms with Crippen LogP contribution in [-0.4, -0.2) is 30.4 Å². The molecule has 2 aromatic rings. The maximum Gasteiger partial charge on any atom is 0.241 e. The molecule has 1 saturated heterocycles. The third-order valence-electron chi connectivity index (χ3n) is 3.97. The van der Waals surface area contributed by atoms with Gasteiger partial charge < -0.3 is 21.1 Å². The van der Waals surface area contributed by atoms with E-state index in [0.717, 1.165) is 0 Å². The summed E-state index contributed by atoms with van der Waals surface area (Å²) < 4.78 is 18.8. The van der Waals surface area contributed by atoms with Gasteiger partial charge in [-0.25, -0.2) is 4.39 Å². The van der Waals surface area contributed by atoms with Crippen molar-refractivity contribution in [3.8, 4) is 5.75 Å². The van der Waals surface area contributed by atoms with Crippen LogP contribution in [0.25, 0.3) is 0 Å². The summed E-state index contributed by atoms with van der Waals surface area (Å²) in [5.41, 5.74) is 6.61. The first-order chi connectivity index (χ1) is 12.0. The number of rotatable bonds is 5. The maximum absolute atomic E-state index is 12.9. The summed E-state index contributed by atoms with van der Waals surface area (Å²) in [6, 6.07) is 12.2. The average Bonchev–Trinajstić information content (AvgIpc) is 3.06. The second-order valence-corrected chi connectivity index (χ2v) is 5.87. The zero-order chi connectivity index (χ0) is 17.8. The van der Waals surface area contributed by atoms with Gasteiger partial charge in [0, 0.05) is 24.2 Å². The van der Waals surface area contributed by atoms with Crippen LogP contribution in [-0.2, 0) is 4.79 Å².